The molecular formula is C14H18N6O. The number of rotatable bonds is 3. The van der Waals surface area contributed by atoms with Crippen molar-refractivity contribution in [1.29, 1.82) is 0 Å². The molecule has 3 rings (SSSR count). The maximum atomic E-state index is 12.2. The van der Waals surface area contributed by atoms with Crippen molar-refractivity contribution in [2.75, 3.05) is 18.4 Å². The standard InChI is InChI=1S/C14H18N6O/c1-10-2-5-16-8-12(10)17-14(21)13-9-20(19-18-13)11-3-6-15-7-4-11/h2,5,8-9,11,15H,3-4,6-7H2,1H3,(H,17,21). The van der Waals surface area contributed by atoms with Gasteiger partial charge in [-0.25, -0.2) is 4.68 Å². The van der Waals surface area contributed by atoms with Crippen molar-refractivity contribution in [1.82, 2.24) is 25.3 Å². The molecule has 21 heavy (non-hydrogen) atoms. The van der Waals surface area contributed by atoms with E-state index in [1.54, 1.807) is 23.3 Å². The number of pyridine rings is 1. The van der Waals surface area contributed by atoms with Gasteiger partial charge in [0, 0.05) is 6.20 Å². The van der Waals surface area contributed by atoms with Gasteiger partial charge >= 0.3 is 0 Å². The number of carbonyl (C=O) groups is 1. The number of nitrogens with one attached hydrogen (secondary N) is 2. The second kappa shape index (κ2) is 6.01. The lowest BCUT2D eigenvalue weighted by atomic mass is 10.1. The van der Waals surface area contributed by atoms with E-state index in [1.165, 1.54) is 0 Å². The molecule has 2 aromatic rings. The summed E-state index contributed by atoms with van der Waals surface area (Å²) >= 11 is 0. The average molecular weight is 286 g/mol. The van der Waals surface area contributed by atoms with Crippen LogP contribution in [0.4, 0.5) is 5.69 Å². The van der Waals surface area contributed by atoms with Gasteiger partial charge in [0.05, 0.1) is 24.1 Å². The Morgan fingerprint density at radius 3 is 3.00 bits per heavy atom. The summed E-state index contributed by atoms with van der Waals surface area (Å²) < 4.78 is 1.80. The van der Waals surface area contributed by atoms with Crippen molar-refractivity contribution in [3.8, 4) is 0 Å². The molecule has 1 amide bonds. The minimum Gasteiger partial charge on any atom is -0.319 e. The summed E-state index contributed by atoms with van der Waals surface area (Å²) in [6, 6.07) is 2.17. The fourth-order valence-electron chi connectivity index (χ4n) is 2.41. The lowest BCUT2D eigenvalue weighted by molar-refractivity contribution is 0.102. The Balaban J connectivity index is 1.71. The third-order valence-electron chi connectivity index (χ3n) is 3.71. The lowest BCUT2D eigenvalue weighted by Crippen LogP contribution is -2.29. The molecule has 1 fully saturated rings. The Morgan fingerprint density at radius 1 is 1.43 bits per heavy atom. The van der Waals surface area contributed by atoms with Crippen LogP contribution in [-0.4, -0.2) is 39.0 Å². The topological polar surface area (TPSA) is 84.7 Å². The van der Waals surface area contributed by atoms with E-state index in [2.05, 4.69) is 25.9 Å². The van der Waals surface area contributed by atoms with Crippen molar-refractivity contribution >= 4 is 11.6 Å². The highest BCUT2D eigenvalue weighted by Gasteiger charge is 2.19. The quantitative estimate of drug-likeness (QED) is 0.884. The van der Waals surface area contributed by atoms with Gasteiger partial charge in [-0.2, -0.15) is 0 Å². The lowest BCUT2D eigenvalue weighted by Gasteiger charge is -2.22. The Labute approximate surface area is 122 Å². The number of amides is 1. The summed E-state index contributed by atoms with van der Waals surface area (Å²) in [4.78, 5) is 16.2. The molecule has 3 heterocycles. The molecule has 110 valence electrons. The predicted octanol–water partition coefficient (Wildman–Crippen LogP) is 1.16. The second-order valence-corrected chi connectivity index (χ2v) is 5.21. The molecule has 1 aliphatic rings. The van der Waals surface area contributed by atoms with E-state index in [9.17, 15) is 4.79 Å². The zero-order valence-corrected chi connectivity index (χ0v) is 11.9. The van der Waals surface area contributed by atoms with E-state index < -0.39 is 0 Å². The maximum Gasteiger partial charge on any atom is 0.277 e. The molecule has 1 aliphatic heterocycles. The first kappa shape index (κ1) is 13.7. The Morgan fingerprint density at radius 2 is 2.24 bits per heavy atom. The van der Waals surface area contributed by atoms with E-state index in [4.69, 9.17) is 0 Å². The van der Waals surface area contributed by atoms with Gasteiger partial charge < -0.3 is 10.6 Å². The molecule has 0 unspecified atom stereocenters. The fourth-order valence-corrected chi connectivity index (χ4v) is 2.41. The van der Waals surface area contributed by atoms with Gasteiger partial charge in [-0.3, -0.25) is 9.78 Å². The van der Waals surface area contributed by atoms with E-state index in [1.807, 2.05) is 13.0 Å². The maximum absolute atomic E-state index is 12.2. The van der Waals surface area contributed by atoms with Crippen molar-refractivity contribution in [3.05, 3.63) is 35.9 Å². The Kier molecular flexibility index (Phi) is 3.92. The third-order valence-corrected chi connectivity index (χ3v) is 3.71. The van der Waals surface area contributed by atoms with Gasteiger partial charge in [-0.1, -0.05) is 5.21 Å². The van der Waals surface area contributed by atoms with Gasteiger partial charge in [0.1, 0.15) is 0 Å². The van der Waals surface area contributed by atoms with Gasteiger partial charge in [-0.05, 0) is 44.5 Å². The molecule has 0 bridgehead atoms. The number of hydrogen-bond donors (Lipinski definition) is 2. The molecule has 0 aromatic carbocycles. The van der Waals surface area contributed by atoms with Crippen LogP contribution in [0.3, 0.4) is 0 Å². The number of hydrogen-bond acceptors (Lipinski definition) is 5. The molecule has 7 nitrogen and oxygen atoms in total. The van der Waals surface area contributed by atoms with Gasteiger partial charge in [0.15, 0.2) is 5.69 Å². The van der Waals surface area contributed by atoms with Crippen molar-refractivity contribution in [3.63, 3.8) is 0 Å². The first-order chi connectivity index (χ1) is 10.2. The molecule has 0 atom stereocenters. The first-order valence-electron chi connectivity index (χ1n) is 7.08. The zero-order chi connectivity index (χ0) is 14.7. The summed E-state index contributed by atoms with van der Waals surface area (Å²) in [6.45, 7) is 3.87. The van der Waals surface area contributed by atoms with Crippen LogP contribution in [0.1, 0.15) is 34.9 Å². The van der Waals surface area contributed by atoms with Crippen LogP contribution in [0.5, 0.6) is 0 Å². The SMILES string of the molecule is Cc1ccncc1NC(=O)c1cn(C2CCNCC2)nn1. The van der Waals surface area contributed by atoms with Crippen LogP contribution >= 0.6 is 0 Å². The molecule has 1 saturated heterocycles. The summed E-state index contributed by atoms with van der Waals surface area (Å²) in [5.74, 6) is -0.258. The predicted molar refractivity (Wildman–Crippen MR) is 78.1 cm³/mol. The molecule has 2 N–H and O–H groups in total. The van der Waals surface area contributed by atoms with Crippen LogP contribution < -0.4 is 10.6 Å². The molecular weight excluding hydrogens is 268 g/mol. The highest BCUT2D eigenvalue weighted by molar-refractivity contribution is 6.02. The summed E-state index contributed by atoms with van der Waals surface area (Å²) in [6.07, 6.45) is 7.05. The number of aryl methyl sites for hydroxylation is 1. The van der Waals surface area contributed by atoms with Crippen LogP contribution in [-0.2, 0) is 0 Å². The number of anilines is 1. The van der Waals surface area contributed by atoms with Crippen molar-refractivity contribution in [2.45, 2.75) is 25.8 Å². The number of piperidine rings is 1. The molecule has 2 aromatic heterocycles. The van der Waals surface area contributed by atoms with E-state index in [0.29, 0.717) is 17.4 Å². The Hall–Kier alpha value is -2.28. The highest BCUT2D eigenvalue weighted by Crippen LogP contribution is 2.18. The van der Waals surface area contributed by atoms with Gasteiger partial charge in [0.25, 0.3) is 5.91 Å². The second-order valence-electron chi connectivity index (χ2n) is 5.21. The van der Waals surface area contributed by atoms with Crippen LogP contribution in [0.25, 0.3) is 0 Å². The monoisotopic (exact) mass is 286 g/mol. The van der Waals surface area contributed by atoms with E-state index in [0.717, 1.165) is 31.5 Å². The smallest absolute Gasteiger partial charge is 0.277 e. The number of aromatic nitrogens is 4. The van der Waals surface area contributed by atoms with E-state index >= 15 is 0 Å². The minimum atomic E-state index is -0.258. The zero-order valence-electron chi connectivity index (χ0n) is 11.9. The largest absolute Gasteiger partial charge is 0.319 e. The molecule has 0 spiro atoms. The normalized spacial score (nSPS) is 15.9. The Bertz CT molecular complexity index is 632. The van der Waals surface area contributed by atoms with Crippen LogP contribution in [0.2, 0.25) is 0 Å². The molecule has 7 heteroatoms. The summed E-state index contributed by atoms with van der Waals surface area (Å²) in [7, 11) is 0. The van der Waals surface area contributed by atoms with Gasteiger partial charge in [0.2, 0.25) is 0 Å². The fraction of sp³-hybridized carbons (Fsp3) is 0.429. The third kappa shape index (κ3) is 3.08. The minimum absolute atomic E-state index is 0.258. The number of carbonyl (C=O) groups excluding carboxylic acids is 1. The average Bonchev–Trinajstić information content (AvgIpc) is 3.00. The number of nitrogens with zero attached hydrogens (tertiary/aromatic N) is 4. The summed E-state index contributed by atoms with van der Waals surface area (Å²) in [5, 5.41) is 14.2. The van der Waals surface area contributed by atoms with Crippen LogP contribution in [0.15, 0.2) is 24.7 Å². The van der Waals surface area contributed by atoms with Crippen molar-refractivity contribution < 1.29 is 4.79 Å². The van der Waals surface area contributed by atoms with E-state index in [-0.39, 0.29) is 5.91 Å². The summed E-state index contributed by atoms with van der Waals surface area (Å²) in [5.41, 5.74) is 1.99. The molecule has 0 aliphatic carbocycles. The van der Waals surface area contributed by atoms with Crippen molar-refractivity contribution in [2.24, 2.45) is 0 Å². The van der Waals surface area contributed by atoms with Gasteiger partial charge in [-0.15, -0.1) is 5.10 Å². The van der Waals surface area contributed by atoms with Crippen LogP contribution in [0, 0.1) is 6.92 Å². The highest BCUT2D eigenvalue weighted by atomic mass is 16.2. The molecule has 0 radical (unpaired) electrons. The molecule has 0 saturated carbocycles. The first-order valence-corrected chi connectivity index (χ1v) is 7.08.